The van der Waals surface area contributed by atoms with E-state index in [1.54, 1.807) is 40.4 Å². The van der Waals surface area contributed by atoms with Crippen molar-refractivity contribution in [2.24, 2.45) is 0 Å². The standard InChI is InChI=1S/C26H25N5O3S/c1-35(33)24-16-31(23-13-19(4-5-21(23)24)25(32)30-8-10-34-11-9-30)26-28-14-20(15-29-26)22-12-18(6-7-27-22)17-2-3-17/h4-7,12-17H,2-3,8-11H2,1H3. The van der Waals surface area contributed by atoms with E-state index in [4.69, 9.17) is 4.74 Å². The molecule has 0 N–H and O–H groups in total. The van der Waals surface area contributed by atoms with Crippen molar-refractivity contribution in [2.45, 2.75) is 23.7 Å². The largest absolute Gasteiger partial charge is 0.378 e. The van der Waals surface area contributed by atoms with Crippen molar-refractivity contribution >= 4 is 27.6 Å². The van der Waals surface area contributed by atoms with E-state index in [-0.39, 0.29) is 5.91 Å². The first-order chi connectivity index (χ1) is 17.1. The Morgan fingerprint density at radius 3 is 2.54 bits per heavy atom. The predicted molar refractivity (Wildman–Crippen MR) is 133 cm³/mol. The van der Waals surface area contributed by atoms with Gasteiger partial charge in [0, 0.05) is 60.6 Å². The number of carbonyl (C=O) groups is 1. The van der Waals surface area contributed by atoms with Gasteiger partial charge in [-0.15, -0.1) is 0 Å². The molecule has 1 saturated carbocycles. The van der Waals surface area contributed by atoms with Gasteiger partial charge in [0.15, 0.2) is 0 Å². The highest BCUT2D eigenvalue weighted by atomic mass is 32.2. The maximum Gasteiger partial charge on any atom is 0.254 e. The third-order valence-corrected chi connectivity index (χ3v) is 7.55. The van der Waals surface area contributed by atoms with E-state index in [1.807, 2.05) is 18.3 Å². The summed E-state index contributed by atoms with van der Waals surface area (Å²) in [6, 6.07) is 9.68. The van der Waals surface area contributed by atoms with Crippen molar-refractivity contribution in [3.8, 4) is 17.2 Å². The number of amides is 1. The normalized spacial score (nSPS) is 17.0. The highest BCUT2D eigenvalue weighted by molar-refractivity contribution is 7.84. The molecule has 2 aliphatic rings. The second-order valence-corrected chi connectivity index (χ2v) is 10.3. The summed E-state index contributed by atoms with van der Waals surface area (Å²) in [5, 5.41) is 0.816. The molecular weight excluding hydrogens is 462 g/mol. The smallest absolute Gasteiger partial charge is 0.254 e. The van der Waals surface area contributed by atoms with Crippen LogP contribution in [0.15, 0.2) is 60.0 Å². The Kier molecular flexibility index (Phi) is 5.66. The summed E-state index contributed by atoms with van der Waals surface area (Å²) in [6.07, 6.45) is 11.3. The summed E-state index contributed by atoms with van der Waals surface area (Å²) < 4.78 is 19.6. The van der Waals surface area contributed by atoms with Crippen LogP contribution in [-0.4, -0.2) is 67.1 Å². The van der Waals surface area contributed by atoms with Crippen molar-refractivity contribution in [3.63, 3.8) is 0 Å². The van der Waals surface area contributed by atoms with Crippen LogP contribution < -0.4 is 0 Å². The van der Waals surface area contributed by atoms with Crippen LogP contribution in [0.2, 0.25) is 0 Å². The Balaban J connectivity index is 1.38. The lowest BCUT2D eigenvalue weighted by atomic mass is 10.1. The molecule has 1 saturated heterocycles. The fourth-order valence-electron chi connectivity index (χ4n) is 4.53. The Morgan fingerprint density at radius 2 is 1.83 bits per heavy atom. The van der Waals surface area contributed by atoms with Crippen molar-refractivity contribution < 1.29 is 13.7 Å². The highest BCUT2D eigenvalue weighted by Gasteiger charge is 2.24. The third kappa shape index (κ3) is 4.26. The fraction of sp³-hybridized carbons (Fsp3) is 0.308. The van der Waals surface area contributed by atoms with Gasteiger partial charge in [0.1, 0.15) is 0 Å². The third-order valence-electron chi connectivity index (χ3n) is 6.61. The summed E-state index contributed by atoms with van der Waals surface area (Å²) in [5.41, 5.74) is 4.33. The van der Waals surface area contributed by atoms with Crippen LogP contribution in [0.5, 0.6) is 0 Å². The number of hydrogen-bond donors (Lipinski definition) is 0. The van der Waals surface area contributed by atoms with Crippen LogP contribution in [0.4, 0.5) is 0 Å². The molecule has 4 heterocycles. The van der Waals surface area contributed by atoms with Gasteiger partial charge in [0.05, 0.1) is 40.1 Å². The summed E-state index contributed by atoms with van der Waals surface area (Å²) in [4.78, 5) is 29.3. The topological polar surface area (TPSA) is 90.2 Å². The van der Waals surface area contributed by atoms with Gasteiger partial charge in [-0.2, -0.15) is 0 Å². The van der Waals surface area contributed by atoms with Crippen molar-refractivity contribution in [1.82, 2.24) is 24.4 Å². The Hall–Kier alpha value is -3.43. The molecule has 9 heteroatoms. The number of ether oxygens (including phenoxy) is 1. The molecule has 1 aromatic carbocycles. The molecule has 1 aliphatic heterocycles. The number of carbonyl (C=O) groups excluding carboxylic acids is 1. The van der Waals surface area contributed by atoms with E-state index in [0.29, 0.717) is 48.6 Å². The number of morpholine rings is 1. The first-order valence-corrected chi connectivity index (χ1v) is 13.3. The zero-order valence-corrected chi connectivity index (χ0v) is 20.2. The molecule has 8 nitrogen and oxygen atoms in total. The summed E-state index contributed by atoms with van der Waals surface area (Å²) in [6.45, 7) is 2.23. The van der Waals surface area contributed by atoms with Gasteiger partial charge >= 0.3 is 0 Å². The fourth-order valence-corrected chi connectivity index (χ4v) is 5.26. The van der Waals surface area contributed by atoms with Gasteiger partial charge in [-0.25, -0.2) is 9.97 Å². The summed E-state index contributed by atoms with van der Waals surface area (Å²) >= 11 is 0. The first-order valence-electron chi connectivity index (χ1n) is 11.7. The molecule has 3 aromatic heterocycles. The highest BCUT2D eigenvalue weighted by Crippen LogP contribution is 2.40. The van der Waals surface area contributed by atoms with E-state index >= 15 is 0 Å². The second-order valence-electron chi connectivity index (χ2n) is 8.97. The molecule has 1 atom stereocenters. The maximum absolute atomic E-state index is 13.1. The molecule has 0 radical (unpaired) electrons. The van der Waals surface area contributed by atoms with Gasteiger partial charge in [-0.05, 0) is 48.6 Å². The van der Waals surface area contributed by atoms with Crippen LogP contribution >= 0.6 is 0 Å². The zero-order chi connectivity index (χ0) is 23.9. The van der Waals surface area contributed by atoms with Crippen molar-refractivity contribution in [2.75, 3.05) is 32.6 Å². The lowest BCUT2D eigenvalue weighted by Crippen LogP contribution is -2.40. The van der Waals surface area contributed by atoms with Crippen molar-refractivity contribution in [1.29, 1.82) is 0 Å². The molecule has 35 heavy (non-hydrogen) atoms. The number of aromatic nitrogens is 4. The Labute approximate surface area is 205 Å². The summed E-state index contributed by atoms with van der Waals surface area (Å²) in [5.74, 6) is 1.05. The van der Waals surface area contributed by atoms with Gasteiger partial charge in [0.25, 0.3) is 5.91 Å². The monoisotopic (exact) mass is 487 g/mol. The van der Waals surface area contributed by atoms with Crippen LogP contribution in [0.25, 0.3) is 28.1 Å². The maximum atomic E-state index is 13.1. The number of rotatable bonds is 5. The molecule has 4 aromatic rings. The minimum Gasteiger partial charge on any atom is -0.378 e. The lowest BCUT2D eigenvalue weighted by molar-refractivity contribution is 0.0303. The average Bonchev–Trinajstić information content (AvgIpc) is 3.69. The van der Waals surface area contributed by atoms with Crippen LogP contribution in [-0.2, 0) is 15.5 Å². The number of pyridine rings is 1. The number of nitrogens with zero attached hydrogens (tertiary/aromatic N) is 5. The van der Waals surface area contributed by atoms with Gasteiger partial charge in [-0.3, -0.25) is 18.6 Å². The Bertz CT molecular complexity index is 1440. The molecule has 0 bridgehead atoms. The molecule has 1 aliphatic carbocycles. The average molecular weight is 488 g/mol. The molecule has 1 amide bonds. The molecule has 0 spiro atoms. The Morgan fingerprint density at radius 1 is 1.06 bits per heavy atom. The predicted octanol–water partition coefficient (Wildman–Crippen LogP) is 3.57. The first kappa shape index (κ1) is 22.1. The van der Waals surface area contributed by atoms with E-state index in [1.165, 1.54) is 18.4 Å². The minimum atomic E-state index is -1.21. The van der Waals surface area contributed by atoms with Crippen molar-refractivity contribution in [3.05, 3.63) is 66.2 Å². The van der Waals surface area contributed by atoms with Crippen LogP contribution in [0.1, 0.15) is 34.7 Å². The number of fused-ring (bicyclic) bond motifs is 1. The van der Waals surface area contributed by atoms with Crippen LogP contribution in [0.3, 0.4) is 0 Å². The van der Waals surface area contributed by atoms with Gasteiger partial charge in [0.2, 0.25) is 5.95 Å². The number of benzene rings is 1. The van der Waals surface area contributed by atoms with Gasteiger partial charge in [-0.1, -0.05) is 6.07 Å². The van der Waals surface area contributed by atoms with Gasteiger partial charge < -0.3 is 9.64 Å². The lowest BCUT2D eigenvalue weighted by Gasteiger charge is -2.26. The minimum absolute atomic E-state index is 0.0417. The zero-order valence-electron chi connectivity index (χ0n) is 19.4. The quantitative estimate of drug-likeness (QED) is 0.428. The van der Waals surface area contributed by atoms with E-state index in [2.05, 4.69) is 27.1 Å². The SMILES string of the molecule is CS(=O)c1cn(-c2ncc(-c3cc(C4CC4)ccn3)cn2)c2cc(C(=O)N3CCOCC3)ccc12. The van der Waals surface area contributed by atoms with E-state index < -0.39 is 10.8 Å². The van der Waals surface area contributed by atoms with E-state index in [0.717, 1.165) is 22.2 Å². The number of hydrogen-bond acceptors (Lipinski definition) is 6. The molecule has 1 unspecified atom stereocenters. The molecular formula is C26H25N5O3S. The molecule has 6 rings (SSSR count). The van der Waals surface area contributed by atoms with E-state index in [9.17, 15) is 9.00 Å². The summed E-state index contributed by atoms with van der Waals surface area (Å²) in [7, 11) is -1.21. The molecule has 2 fully saturated rings. The van der Waals surface area contributed by atoms with Crippen LogP contribution in [0, 0.1) is 0 Å². The molecule has 178 valence electrons. The second kappa shape index (κ2) is 8.98.